The van der Waals surface area contributed by atoms with Crippen LogP contribution in [0.1, 0.15) is 12.8 Å². The van der Waals surface area contributed by atoms with Gasteiger partial charge in [-0.2, -0.15) is 0 Å². The fraction of sp³-hybridized carbons (Fsp3) is 0.300. The molecule has 0 aliphatic heterocycles. The van der Waals surface area contributed by atoms with Crippen LogP contribution in [0.25, 0.3) is 22.2 Å². The van der Waals surface area contributed by atoms with Gasteiger partial charge in [-0.3, -0.25) is 0 Å². The zero-order valence-electron chi connectivity index (χ0n) is 16.8. The zero-order chi connectivity index (χ0) is 21.3. The van der Waals surface area contributed by atoms with Crippen LogP contribution in [0.4, 0.5) is 4.39 Å². The number of hydrogen-bond donors (Lipinski definition) is 2. The van der Waals surface area contributed by atoms with Gasteiger partial charge in [0.15, 0.2) is 0 Å². The Hall–Kier alpha value is -2.53. The molecule has 1 aliphatic rings. The molecule has 1 aromatic heterocycles. The molecule has 3 aromatic rings. The SMILES string of the molecule is COc1ccc(S(=O)(=O)NC2CC2)cc1-c1cccc2c1nnn2C/C(F)=C/CN.Cl. The topological polar surface area (TPSA) is 112 Å². The number of nitrogens with two attached hydrogens (primary N) is 1. The molecular formula is C20H23ClFN5O3S. The summed E-state index contributed by atoms with van der Waals surface area (Å²) in [5.74, 6) is 0.0863. The first-order chi connectivity index (χ1) is 14.4. The van der Waals surface area contributed by atoms with Crippen LogP contribution in [-0.2, 0) is 16.6 Å². The number of methoxy groups -OCH3 is 1. The zero-order valence-corrected chi connectivity index (χ0v) is 18.4. The number of ether oxygens (including phenoxy) is 1. The first-order valence-electron chi connectivity index (χ1n) is 9.50. The molecule has 4 rings (SSSR count). The largest absolute Gasteiger partial charge is 0.496 e. The molecule has 0 unspecified atom stereocenters. The molecule has 166 valence electrons. The third kappa shape index (κ3) is 4.87. The number of nitrogens with zero attached hydrogens (tertiary/aromatic N) is 3. The second-order valence-electron chi connectivity index (χ2n) is 7.06. The number of benzene rings is 2. The Morgan fingerprint density at radius 3 is 2.77 bits per heavy atom. The van der Waals surface area contributed by atoms with Crippen molar-refractivity contribution in [3.05, 3.63) is 48.3 Å². The third-order valence-corrected chi connectivity index (χ3v) is 6.37. The molecule has 0 atom stereocenters. The molecule has 2 aromatic carbocycles. The summed E-state index contributed by atoms with van der Waals surface area (Å²) < 4.78 is 48.8. The highest BCUT2D eigenvalue weighted by atomic mass is 35.5. The van der Waals surface area contributed by atoms with Crippen molar-refractivity contribution in [3.8, 4) is 16.9 Å². The average molecular weight is 468 g/mol. The van der Waals surface area contributed by atoms with E-state index in [-0.39, 0.29) is 36.4 Å². The lowest BCUT2D eigenvalue weighted by Gasteiger charge is -2.12. The van der Waals surface area contributed by atoms with E-state index >= 15 is 0 Å². The lowest BCUT2D eigenvalue weighted by atomic mass is 10.0. The van der Waals surface area contributed by atoms with E-state index in [1.165, 1.54) is 23.9 Å². The van der Waals surface area contributed by atoms with Crippen molar-refractivity contribution >= 4 is 33.5 Å². The maximum absolute atomic E-state index is 13.9. The summed E-state index contributed by atoms with van der Waals surface area (Å²) in [5, 5.41) is 8.25. The minimum absolute atomic E-state index is 0. The van der Waals surface area contributed by atoms with Crippen LogP contribution in [0.15, 0.2) is 53.2 Å². The van der Waals surface area contributed by atoms with Crippen LogP contribution in [0.5, 0.6) is 5.75 Å². The van der Waals surface area contributed by atoms with E-state index in [0.717, 1.165) is 12.8 Å². The molecule has 1 saturated carbocycles. The fourth-order valence-corrected chi connectivity index (χ4v) is 4.55. The highest BCUT2D eigenvalue weighted by Gasteiger charge is 2.28. The van der Waals surface area contributed by atoms with Crippen LogP contribution >= 0.6 is 12.4 Å². The van der Waals surface area contributed by atoms with Crippen molar-refractivity contribution in [3.63, 3.8) is 0 Å². The van der Waals surface area contributed by atoms with Crippen LogP contribution in [0.3, 0.4) is 0 Å². The standard InChI is InChI=1S/C20H22FN5O3S.ClH/c1-29-19-8-7-15(30(27,28)24-14-5-6-14)11-17(19)16-3-2-4-18-20(16)23-25-26(18)12-13(21)9-10-22;/h2-4,7-9,11,14,24H,5-6,10,12,22H2,1H3;1H/b13-9-;. The smallest absolute Gasteiger partial charge is 0.240 e. The Labute approximate surface area is 185 Å². The Kier molecular flexibility index (Phi) is 6.95. The molecule has 1 fully saturated rings. The molecule has 1 aliphatic carbocycles. The maximum Gasteiger partial charge on any atom is 0.240 e. The summed E-state index contributed by atoms with van der Waals surface area (Å²) in [4.78, 5) is 0.145. The third-order valence-electron chi connectivity index (χ3n) is 4.86. The van der Waals surface area contributed by atoms with Crippen molar-refractivity contribution in [2.75, 3.05) is 13.7 Å². The van der Waals surface area contributed by atoms with E-state index in [4.69, 9.17) is 10.5 Å². The van der Waals surface area contributed by atoms with Gasteiger partial charge in [0, 0.05) is 23.7 Å². The molecule has 0 radical (unpaired) electrons. The number of hydrogen-bond acceptors (Lipinski definition) is 6. The van der Waals surface area contributed by atoms with E-state index < -0.39 is 15.9 Å². The Balaban J connectivity index is 0.00000272. The first kappa shape index (κ1) is 23.1. The summed E-state index contributed by atoms with van der Waals surface area (Å²) >= 11 is 0. The van der Waals surface area contributed by atoms with E-state index in [9.17, 15) is 12.8 Å². The number of nitrogens with one attached hydrogen (secondary N) is 1. The van der Waals surface area contributed by atoms with Gasteiger partial charge in [0.25, 0.3) is 0 Å². The molecule has 1 heterocycles. The van der Waals surface area contributed by atoms with Gasteiger partial charge in [-0.05, 0) is 43.2 Å². The highest BCUT2D eigenvalue weighted by Crippen LogP contribution is 2.36. The molecule has 11 heteroatoms. The quantitative estimate of drug-likeness (QED) is 0.526. The highest BCUT2D eigenvalue weighted by molar-refractivity contribution is 7.89. The lowest BCUT2D eigenvalue weighted by Crippen LogP contribution is -2.25. The van der Waals surface area contributed by atoms with Crippen LogP contribution in [0, 0.1) is 0 Å². The summed E-state index contributed by atoms with van der Waals surface area (Å²) in [6.07, 6.45) is 2.97. The average Bonchev–Trinajstić information content (AvgIpc) is 3.44. The maximum atomic E-state index is 13.9. The number of rotatable bonds is 8. The van der Waals surface area contributed by atoms with Crippen molar-refractivity contribution in [1.82, 2.24) is 19.7 Å². The van der Waals surface area contributed by atoms with Gasteiger partial charge in [0.2, 0.25) is 10.0 Å². The van der Waals surface area contributed by atoms with E-state index in [2.05, 4.69) is 15.0 Å². The van der Waals surface area contributed by atoms with Crippen molar-refractivity contribution in [2.45, 2.75) is 30.3 Å². The Morgan fingerprint density at radius 1 is 1.32 bits per heavy atom. The van der Waals surface area contributed by atoms with Gasteiger partial charge in [-0.15, -0.1) is 17.5 Å². The van der Waals surface area contributed by atoms with Gasteiger partial charge >= 0.3 is 0 Å². The summed E-state index contributed by atoms with van der Waals surface area (Å²) in [6, 6.07) is 10.0. The molecule has 0 bridgehead atoms. The van der Waals surface area contributed by atoms with Gasteiger partial charge in [-0.1, -0.05) is 17.3 Å². The predicted octanol–water partition coefficient (Wildman–Crippen LogP) is 2.78. The number of allylic oxidation sites excluding steroid dienone is 1. The first-order valence-corrected chi connectivity index (χ1v) is 11.0. The van der Waals surface area contributed by atoms with E-state index in [1.54, 1.807) is 30.3 Å². The Bertz CT molecular complexity index is 1220. The number of sulfonamides is 1. The van der Waals surface area contributed by atoms with Crippen molar-refractivity contribution in [2.24, 2.45) is 5.73 Å². The summed E-state index contributed by atoms with van der Waals surface area (Å²) in [6.45, 7) is 0.00505. The summed E-state index contributed by atoms with van der Waals surface area (Å²) in [5.41, 5.74) is 7.68. The molecular weight excluding hydrogens is 445 g/mol. The molecule has 0 amide bonds. The van der Waals surface area contributed by atoms with Gasteiger partial charge in [0.1, 0.15) is 17.1 Å². The molecule has 0 saturated heterocycles. The van der Waals surface area contributed by atoms with Crippen LogP contribution < -0.4 is 15.2 Å². The molecule has 8 nitrogen and oxygen atoms in total. The van der Waals surface area contributed by atoms with Crippen LogP contribution in [0.2, 0.25) is 0 Å². The lowest BCUT2D eigenvalue weighted by molar-refractivity contribution is 0.416. The van der Waals surface area contributed by atoms with Gasteiger partial charge in [-0.25, -0.2) is 22.2 Å². The Morgan fingerprint density at radius 2 is 2.10 bits per heavy atom. The van der Waals surface area contributed by atoms with Gasteiger partial charge in [0.05, 0.1) is 24.1 Å². The fourth-order valence-electron chi connectivity index (χ4n) is 3.21. The minimum atomic E-state index is -3.64. The number of aromatic nitrogens is 3. The summed E-state index contributed by atoms with van der Waals surface area (Å²) in [7, 11) is -2.13. The molecule has 0 spiro atoms. The number of fused-ring (bicyclic) bond motifs is 1. The predicted molar refractivity (Wildman–Crippen MR) is 118 cm³/mol. The number of halogens is 2. The molecule has 31 heavy (non-hydrogen) atoms. The monoisotopic (exact) mass is 467 g/mol. The minimum Gasteiger partial charge on any atom is -0.496 e. The van der Waals surface area contributed by atoms with E-state index in [1.807, 2.05) is 0 Å². The van der Waals surface area contributed by atoms with Gasteiger partial charge < -0.3 is 10.5 Å². The van der Waals surface area contributed by atoms with Crippen molar-refractivity contribution in [1.29, 1.82) is 0 Å². The molecule has 3 N–H and O–H groups in total. The van der Waals surface area contributed by atoms with E-state index in [0.29, 0.717) is 27.9 Å². The second kappa shape index (κ2) is 9.31. The second-order valence-corrected chi connectivity index (χ2v) is 8.78. The van der Waals surface area contributed by atoms with Crippen molar-refractivity contribution < 1.29 is 17.5 Å². The normalized spacial score (nSPS) is 14.5. The van der Waals surface area contributed by atoms with Crippen LogP contribution in [-0.4, -0.2) is 43.1 Å².